The highest BCUT2D eigenvalue weighted by Gasteiger charge is 2.11. The van der Waals surface area contributed by atoms with Crippen LogP contribution in [0.5, 0.6) is 0 Å². The summed E-state index contributed by atoms with van der Waals surface area (Å²) >= 11 is 17.4. The number of nitrogens with one attached hydrogen (secondary N) is 2. The van der Waals surface area contributed by atoms with E-state index in [9.17, 15) is 9.90 Å². The molecule has 0 fully saturated rings. The number of carbonyl (C=O) groups excluding carboxylic acids is 1. The largest absolute Gasteiger partial charge is 0.390 e. The molecule has 7 heteroatoms. The van der Waals surface area contributed by atoms with Crippen molar-refractivity contribution >= 4 is 52.1 Å². The average molecular weight is 374 g/mol. The molecule has 122 valence electrons. The fraction of sp³-hybridized carbons (Fsp3) is 0.188. The molecular formula is C16H15Cl3N2O2. The second-order valence-corrected chi connectivity index (χ2v) is 6.00. The second kappa shape index (κ2) is 8.41. The minimum absolute atomic E-state index is 0.151. The lowest BCUT2D eigenvalue weighted by atomic mass is 10.2. The van der Waals surface area contributed by atoms with Gasteiger partial charge in [0.1, 0.15) is 0 Å². The second-order valence-electron chi connectivity index (χ2n) is 4.85. The molecule has 0 saturated carbocycles. The zero-order valence-corrected chi connectivity index (χ0v) is 14.3. The van der Waals surface area contributed by atoms with Gasteiger partial charge in [-0.25, -0.2) is 0 Å². The van der Waals surface area contributed by atoms with Gasteiger partial charge in [-0.2, -0.15) is 0 Å². The summed E-state index contributed by atoms with van der Waals surface area (Å²) in [5.41, 5.74) is 1.70. The summed E-state index contributed by atoms with van der Waals surface area (Å²) in [5, 5.41) is 16.0. The van der Waals surface area contributed by atoms with Crippen molar-refractivity contribution in [2.24, 2.45) is 0 Å². The summed E-state index contributed by atoms with van der Waals surface area (Å²) in [5.74, 6) is -0.178. The van der Waals surface area contributed by atoms with Crippen molar-refractivity contribution in [3.8, 4) is 0 Å². The van der Waals surface area contributed by atoms with Gasteiger partial charge < -0.3 is 15.7 Å². The van der Waals surface area contributed by atoms with E-state index in [0.29, 0.717) is 22.8 Å². The van der Waals surface area contributed by atoms with E-state index in [-0.39, 0.29) is 16.8 Å². The first-order valence-electron chi connectivity index (χ1n) is 6.84. The van der Waals surface area contributed by atoms with E-state index in [2.05, 4.69) is 10.6 Å². The Bertz CT molecular complexity index is 695. The summed E-state index contributed by atoms with van der Waals surface area (Å²) in [7, 11) is 0. The molecule has 0 saturated heterocycles. The van der Waals surface area contributed by atoms with Crippen molar-refractivity contribution in [1.82, 2.24) is 0 Å². The smallest absolute Gasteiger partial charge is 0.257 e. The van der Waals surface area contributed by atoms with Crippen LogP contribution in [-0.4, -0.2) is 29.5 Å². The Morgan fingerprint density at radius 2 is 1.87 bits per heavy atom. The molecule has 4 nitrogen and oxygen atoms in total. The molecule has 0 aliphatic carbocycles. The molecule has 2 aromatic rings. The van der Waals surface area contributed by atoms with Crippen molar-refractivity contribution in [3.05, 3.63) is 58.1 Å². The molecule has 1 atom stereocenters. The molecule has 2 rings (SSSR count). The number of halogens is 3. The lowest BCUT2D eigenvalue weighted by molar-refractivity contribution is 0.102. The Morgan fingerprint density at radius 1 is 1.13 bits per heavy atom. The Kier molecular flexibility index (Phi) is 6.54. The molecule has 2 aromatic carbocycles. The van der Waals surface area contributed by atoms with Crippen LogP contribution >= 0.6 is 34.8 Å². The number of benzene rings is 2. The zero-order valence-electron chi connectivity index (χ0n) is 12.0. The van der Waals surface area contributed by atoms with E-state index in [1.54, 1.807) is 30.3 Å². The third-order valence-electron chi connectivity index (χ3n) is 3.02. The van der Waals surface area contributed by atoms with Crippen LogP contribution in [0.3, 0.4) is 0 Å². The number of hydrogen-bond donors (Lipinski definition) is 3. The molecule has 0 bridgehead atoms. The summed E-state index contributed by atoms with van der Waals surface area (Å²) in [6.45, 7) is 0.323. The lowest BCUT2D eigenvalue weighted by Crippen LogP contribution is -2.20. The van der Waals surface area contributed by atoms with Crippen molar-refractivity contribution in [2.45, 2.75) is 6.10 Å². The van der Waals surface area contributed by atoms with E-state index in [0.717, 1.165) is 5.69 Å². The van der Waals surface area contributed by atoms with Crippen molar-refractivity contribution in [3.63, 3.8) is 0 Å². The molecule has 23 heavy (non-hydrogen) atoms. The van der Waals surface area contributed by atoms with Crippen LogP contribution in [0.4, 0.5) is 11.4 Å². The van der Waals surface area contributed by atoms with Gasteiger partial charge in [-0.05, 0) is 36.4 Å². The number of amides is 1. The van der Waals surface area contributed by atoms with Crippen LogP contribution in [0, 0.1) is 0 Å². The third-order valence-corrected chi connectivity index (χ3v) is 3.92. The molecular weight excluding hydrogens is 359 g/mol. The third kappa shape index (κ3) is 5.29. The van der Waals surface area contributed by atoms with Gasteiger partial charge in [0.05, 0.1) is 22.6 Å². The van der Waals surface area contributed by atoms with Crippen molar-refractivity contribution in [2.75, 3.05) is 23.1 Å². The van der Waals surface area contributed by atoms with Crippen LogP contribution in [0.15, 0.2) is 42.5 Å². The summed E-state index contributed by atoms with van der Waals surface area (Å²) < 4.78 is 0. The molecule has 0 radical (unpaired) electrons. The predicted octanol–water partition coefficient (Wildman–Crippen LogP) is 4.26. The van der Waals surface area contributed by atoms with Crippen LogP contribution in [-0.2, 0) is 0 Å². The van der Waals surface area contributed by atoms with Gasteiger partial charge >= 0.3 is 0 Å². The van der Waals surface area contributed by atoms with E-state index >= 15 is 0 Å². The maximum absolute atomic E-state index is 12.3. The lowest BCUT2D eigenvalue weighted by Gasteiger charge is -2.12. The van der Waals surface area contributed by atoms with Crippen LogP contribution in [0.1, 0.15) is 10.4 Å². The Balaban J connectivity index is 2.06. The number of anilines is 2. The Morgan fingerprint density at radius 3 is 2.57 bits per heavy atom. The molecule has 0 aliphatic rings. The topological polar surface area (TPSA) is 61.4 Å². The maximum Gasteiger partial charge on any atom is 0.257 e. The predicted molar refractivity (Wildman–Crippen MR) is 96.1 cm³/mol. The van der Waals surface area contributed by atoms with E-state index in [1.165, 1.54) is 6.07 Å². The van der Waals surface area contributed by atoms with E-state index in [1.807, 2.05) is 6.07 Å². The number of hydrogen-bond acceptors (Lipinski definition) is 3. The average Bonchev–Trinajstić information content (AvgIpc) is 2.52. The van der Waals surface area contributed by atoms with Crippen molar-refractivity contribution in [1.29, 1.82) is 0 Å². The molecule has 0 heterocycles. The highest BCUT2D eigenvalue weighted by molar-refractivity contribution is 6.37. The number of carbonyl (C=O) groups is 1. The first kappa shape index (κ1) is 17.9. The van der Waals surface area contributed by atoms with Crippen LogP contribution in [0.2, 0.25) is 10.0 Å². The normalized spacial score (nSPS) is 11.8. The van der Waals surface area contributed by atoms with Gasteiger partial charge in [-0.15, -0.1) is 11.6 Å². The quantitative estimate of drug-likeness (QED) is 0.663. The van der Waals surface area contributed by atoms with E-state index < -0.39 is 6.10 Å². The van der Waals surface area contributed by atoms with Gasteiger partial charge in [0.15, 0.2) is 0 Å². The molecule has 1 unspecified atom stereocenters. The first-order valence-corrected chi connectivity index (χ1v) is 8.13. The Hall–Kier alpha value is -1.46. The van der Waals surface area contributed by atoms with Gasteiger partial charge in [-0.3, -0.25) is 4.79 Å². The van der Waals surface area contributed by atoms with Crippen LogP contribution < -0.4 is 10.6 Å². The number of aliphatic hydroxyl groups excluding tert-OH is 1. The number of rotatable bonds is 6. The molecule has 1 amide bonds. The van der Waals surface area contributed by atoms with Gasteiger partial charge in [0, 0.05) is 22.9 Å². The number of aliphatic hydroxyl groups is 1. The van der Waals surface area contributed by atoms with Crippen molar-refractivity contribution < 1.29 is 9.90 Å². The van der Waals surface area contributed by atoms with Gasteiger partial charge in [-0.1, -0.05) is 29.3 Å². The standard InChI is InChI=1S/C16H15Cl3N2O2/c17-8-13(22)9-20-11-2-1-3-12(7-11)21-16(23)14-5-4-10(18)6-15(14)19/h1-7,13,20,22H,8-9H2,(H,21,23). The molecule has 0 spiro atoms. The Labute approximate surface area is 149 Å². The maximum atomic E-state index is 12.3. The highest BCUT2D eigenvalue weighted by atomic mass is 35.5. The first-order chi connectivity index (χ1) is 11.0. The monoisotopic (exact) mass is 372 g/mol. The fourth-order valence-electron chi connectivity index (χ4n) is 1.87. The zero-order chi connectivity index (χ0) is 16.8. The van der Waals surface area contributed by atoms with Gasteiger partial charge in [0.25, 0.3) is 5.91 Å². The summed E-state index contributed by atoms with van der Waals surface area (Å²) in [6.07, 6.45) is -0.636. The van der Waals surface area contributed by atoms with Gasteiger partial charge in [0.2, 0.25) is 0 Å². The van der Waals surface area contributed by atoms with E-state index in [4.69, 9.17) is 34.8 Å². The van der Waals surface area contributed by atoms with Crippen LogP contribution in [0.25, 0.3) is 0 Å². The molecule has 0 aliphatic heterocycles. The molecule has 0 aromatic heterocycles. The fourth-order valence-corrected chi connectivity index (χ4v) is 2.47. The summed E-state index contributed by atoms with van der Waals surface area (Å²) in [6, 6.07) is 11.8. The SMILES string of the molecule is O=C(Nc1cccc(NCC(O)CCl)c1)c1ccc(Cl)cc1Cl. The summed E-state index contributed by atoms with van der Waals surface area (Å²) in [4.78, 5) is 12.3. The minimum atomic E-state index is -0.636. The highest BCUT2D eigenvalue weighted by Crippen LogP contribution is 2.23. The number of alkyl halides is 1. The molecule has 3 N–H and O–H groups in total. The minimum Gasteiger partial charge on any atom is -0.390 e.